The smallest absolute Gasteiger partial charge is 0.123 e. The molecule has 3 N–H and O–H groups in total. The maximum Gasteiger partial charge on any atom is 0.123 e. The van der Waals surface area contributed by atoms with Gasteiger partial charge in [0.1, 0.15) is 5.82 Å². The summed E-state index contributed by atoms with van der Waals surface area (Å²) in [5.74, 6) is -0.289. The zero-order chi connectivity index (χ0) is 10.6. The van der Waals surface area contributed by atoms with E-state index >= 15 is 0 Å². The van der Waals surface area contributed by atoms with Gasteiger partial charge in [-0.05, 0) is 36.6 Å². The van der Waals surface area contributed by atoms with Crippen LogP contribution >= 0.6 is 28.3 Å². The van der Waals surface area contributed by atoms with Crippen molar-refractivity contribution in [3.63, 3.8) is 0 Å². The zero-order valence-electron chi connectivity index (χ0n) is 8.12. The van der Waals surface area contributed by atoms with Crippen LogP contribution in [0, 0.1) is 5.82 Å². The van der Waals surface area contributed by atoms with E-state index < -0.39 is 0 Å². The van der Waals surface area contributed by atoms with Crippen molar-refractivity contribution >= 4 is 28.3 Å². The first-order valence-electron chi connectivity index (χ1n) is 4.46. The minimum absolute atomic E-state index is 0. The van der Waals surface area contributed by atoms with Gasteiger partial charge >= 0.3 is 0 Å². The van der Waals surface area contributed by atoms with Crippen LogP contribution in [0.5, 0.6) is 0 Å². The molecule has 0 aromatic heterocycles. The minimum Gasteiger partial charge on any atom is -0.396 e. The van der Waals surface area contributed by atoms with Gasteiger partial charge in [-0.1, -0.05) is 15.9 Å². The van der Waals surface area contributed by atoms with Gasteiger partial charge in [-0.15, -0.1) is 12.4 Å². The highest BCUT2D eigenvalue weighted by Gasteiger charge is 2.10. The molecule has 0 saturated carbocycles. The third kappa shape index (κ3) is 4.47. The summed E-state index contributed by atoms with van der Waals surface area (Å²) >= 11 is 3.31. The normalized spacial score (nSPS) is 12.0. The molecule has 0 unspecified atom stereocenters. The summed E-state index contributed by atoms with van der Waals surface area (Å²) in [6.45, 7) is 0.112. The topological polar surface area (TPSA) is 46.2 Å². The molecular formula is C10H14BrClFNO. The van der Waals surface area contributed by atoms with Crippen molar-refractivity contribution in [2.75, 3.05) is 6.61 Å². The van der Waals surface area contributed by atoms with Crippen molar-refractivity contribution in [2.24, 2.45) is 5.73 Å². The number of aliphatic hydroxyl groups is 1. The van der Waals surface area contributed by atoms with Crippen LogP contribution in [-0.4, -0.2) is 11.7 Å². The van der Waals surface area contributed by atoms with Gasteiger partial charge in [0.05, 0.1) is 0 Å². The van der Waals surface area contributed by atoms with Gasteiger partial charge in [0.25, 0.3) is 0 Å². The number of nitrogens with two attached hydrogens (primary N) is 1. The lowest BCUT2D eigenvalue weighted by molar-refractivity contribution is 0.280. The van der Waals surface area contributed by atoms with Crippen LogP contribution in [-0.2, 0) is 0 Å². The fourth-order valence-corrected chi connectivity index (χ4v) is 1.81. The molecule has 0 aliphatic carbocycles. The SMILES string of the molecule is Cl.N[C@@H](CCCO)c1cc(F)ccc1Br. The Kier molecular flexibility index (Phi) is 7.09. The quantitative estimate of drug-likeness (QED) is 0.898. The van der Waals surface area contributed by atoms with E-state index in [2.05, 4.69) is 15.9 Å². The van der Waals surface area contributed by atoms with Crippen molar-refractivity contribution in [1.82, 2.24) is 0 Å². The Bertz CT molecular complexity index is 311. The molecule has 1 aromatic carbocycles. The van der Waals surface area contributed by atoms with Crippen LogP contribution < -0.4 is 5.73 Å². The molecule has 1 rings (SSSR count). The van der Waals surface area contributed by atoms with Crippen LogP contribution in [0.4, 0.5) is 4.39 Å². The molecule has 0 radical (unpaired) electrons. The van der Waals surface area contributed by atoms with Crippen LogP contribution in [0.15, 0.2) is 22.7 Å². The molecule has 2 nitrogen and oxygen atoms in total. The predicted octanol–water partition coefficient (Wildman–Crippen LogP) is 2.78. The zero-order valence-corrected chi connectivity index (χ0v) is 10.5. The Balaban J connectivity index is 0.00000196. The molecule has 0 bridgehead atoms. The van der Waals surface area contributed by atoms with Crippen molar-refractivity contribution in [1.29, 1.82) is 0 Å². The molecule has 0 amide bonds. The molecule has 0 aliphatic heterocycles. The van der Waals surface area contributed by atoms with Crippen molar-refractivity contribution < 1.29 is 9.50 Å². The third-order valence-electron chi connectivity index (χ3n) is 2.03. The monoisotopic (exact) mass is 297 g/mol. The summed E-state index contributed by atoms with van der Waals surface area (Å²) in [7, 11) is 0. The first-order valence-corrected chi connectivity index (χ1v) is 5.26. The van der Waals surface area contributed by atoms with E-state index in [1.807, 2.05) is 0 Å². The summed E-state index contributed by atoms with van der Waals surface area (Å²) < 4.78 is 13.7. The van der Waals surface area contributed by atoms with E-state index in [-0.39, 0.29) is 30.9 Å². The molecular weight excluding hydrogens is 284 g/mol. The summed E-state index contributed by atoms with van der Waals surface area (Å²) in [6.07, 6.45) is 1.28. The van der Waals surface area contributed by atoms with Gasteiger partial charge in [0.2, 0.25) is 0 Å². The van der Waals surface area contributed by atoms with Crippen LogP contribution in [0.3, 0.4) is 0 Å². The average Bonchev–Trinajstić information content (AvgIpc) is 2.18. The molecule has 0 aliphatic rings. The fraction of sp³-hybridized carbons (Fsp3) is 0.400. The van der Waals surface area contributed by atoms with E-state index in [1.165, 1.54) is 12.1 Å². The van der Waals surface area contributed by atoms with Gasteiger partial charge in [-0.2, -0.15) is 0 Å². The van der Waals surface area contributed by atoms with Crippen molar-refractivity contribution in [3.8, 4) is 0 Å². The maximum atomic E-state index is 12.9. The van der Waals surface area contributed by atoms with E-state index in [0.717, 1.165) is 10.0 Å². The summed E-state index contributed by atoms with van der Waals surface area (Å²) in [5, 5.41) is 8.64. The number of hydrogen-bond donors (Lipinski definition) is 2. The molecule has 0 heterocycles. The molecule has 0 spiro atoms. The molecule has 1 atom stereocenters. The Morgan fingerprint density at radius 1 is 1.47 bits per heavy atom. The lowest BCUT2D eigenvalue weighted by Crippen LogP contribution is -2.11. The Morgan fingerprint density at radius 3 is 2.73 bits per heavy atom. The lowest BCUT2D eigenvalue weighted by Gasteiger charge is -2.13. The third-order valence-corrected chi connectivity index (χ3v) is 2.75. The summed E-state index contributed by atoms with van der Waals surface area (Å²) in [6, 6.07) is 4.22. The number of halogens is 3. The number of aliphatic hydroxyl groups excluding tert-OH is 1. The molecule has 15 heavy (non-hydrogen) atoms. The van der Waals surface area contributed by atoms with Crippen molar-refractivity contribution in [3.05, 3.63) is 34.1 Å². The van der Waals surface area contributed by atoms with Crippen LogP contribution in [0.1, 0.15) is 24.4 Å². The lowest BCUT2D eigenvalue weighted by atomic mass is 10.0. The second-order valence-electron chi connectivity index (χ2n) is 3.14. The van der Waals surface area contributed by atoms with E-state index in [0.29, 0.717) is 12.8 Å². The Morgan fingerprint density at radius 2 is 2.13 bits per heavy atom. The minimum atomic E-state index is -0.289. The summed E-state index contributed by atoms with van der Waals surface area (Å²) in [4.78, 5) is 0. The first-order chi connectivity index (χ1) is 6.65. The predicted molar refractivity (Wildman–Crippen MR) is 64.6 cm³/mol. The van der Waals surface area contributed by atoms with Gasteiger partial charge in [-0.25, -0.2) is 4.39 Å². The molecule has 0 saturated heterocycles. The van der Waals surface area contributed by atoms with Crippen molar-refractivity contribution in [2.45, 2.75) is 18.9 Å². The Labute approximate surface area is 103 Å². The molecule has 86 valence electrons. The van der Waals surface area contributed by atoms with Crippen LogP contribution in [0.25, 0.3) is 0 Å². The highest BCUT2D eigenvalue weighted by Crippen LogP contribution is 2.25. The number of hydrogen-bond acceptors (Lipinski definition) is 2. The maximum absolute atomic E-state index is 12.9. The fourth-order valence-electron chi connectivity index (χ4n) is 1.27. The van der Waals surface area contributed by atoms with E-state index in [9.17, 15) is 4.39 Å². The average molecular weight is 299 g/mol. The van der Waals surface area contributed by atoms with Gasteiger partial charge in [0.15, 0.2) is 0 Å². The number of rotatable bonds is 4. The van der Waals surface area contributed by atoms with Gasteiger partial charge in [0, 0.05) is 17.1 Å². The van der Waals surface area contributed by atoms with E-state index in [4.69, 9.17) is 10.8 Å². The molecule has 1 aromatic rings. The Hall–Kier alpha value is -0.160. The summed E-state index contributed by atoms with van der Waals surface area (Å²) in [5.41, 5.74) is 6.59. The first kappa shape index (κ1) is 14.8. The molecule has 0 fully saturated rings. The standard InChI is InChI=1S/C10H13BrFNO.ClH/c11-9-4-3-7(12)6-8(9)10(13)2-1-5-14;/h3-4,6,10,14H,1-2,5,13H2;1H/t10-;/m0./s1. The molecule has 5 heteroatoms. The van der Waals surface area contributed by atoms with Gasteiger partial charge < -0.3 is 10.8 Å². The highest BCUT2D eigenvalue weighted by atomic mass is 79.9. The largest absolute Gasteiger partial charge is 0.396 e. The van der Waals surface area contributed by atoms with Crippen LogP contribution in [0.2, 0.25) is 0 Å². The van der Waals surface area contributed by atoms with Gasteiger partial charge in [-0.3, -0.25) is 0 Å². The van der Waals surface area contributed by atoms with E-state index in [1.54, 1.807) is 6.07 Å². The number of benzene rings is 1. The second kappa shape index (κ2) is 7.17. The second-order valence-corrected chi connectivity index (χ2v) is 3.99. The highest BCUT2D eigenvalue weighted by molar-refractivity contribution is 9.10.